The number of piperidine rings is 1. The van der Waals surface area contributed by atoms with E-state index in [-0.39, 0.29) is 11.9 Å². The van der Waals surface area contributed by atoms with E-state index in [1.54, 1.807) is 12.4 Å². The molecular weight excluding hydrogens is 454 g/mol. The highest BCUT2D eigenvalue weighted by Crippen LogP contribution is 2.28. The zero-order valence-electron chi connectivity index (χ0n) is 20.0. The normalized spacial score (nSPS) is 19.3. The van der Waals surface area contributed by atoms with Gasteiger partial charge in [-0.25, -0.2) is 4.98 Å². The van der Waals surface area contributed by atoms with Gasteiger partial charge in [0.25, 0.3) is 5.91 Å². The number of aromatic amines is 1. The Kier molecular flexibility index (Phi) is 6.13. The number of aliphatic hydroxyl groups is 1. The number of rotatable bonds is 6. The van der Waals surface area contributed by atoms with E-state index in [1.807, 2.05) is 35.2 Å². The third-order valence-corrected chi connectivity index (χ3v) is 7.26. The maximum Gasteiger partial charge on any atom is 0.251 e. The SMILES string of the molecule is O=C1[C@@H](O)CCN1C1CCN(Cc2ccc3cc(Oc4ccc(-c5ccn[nH]5)cn4)ccc3c2)CC1. The van der Waals surface area contributed by atoms with Crippen molar-refractivity contribution in [3.63, 3.8) is 0 Å². The summed E-state index contributed by atoms with van der Waals surface area (Å²) in [5, 5.41) is 19.0. The van der Waals surface area contributed by atoms with Crippen LogP contribution in [0.2, 0.25) is 0 Å². The number of pyridine rings is 1. The minimum Gasteiger partial charge on any atom is -0.439 e. The highest BCUT2D eigenvalue weighted by molar-refractivity contribution is 5.84. The third-order valence-electron chi connectivity index (χ3n) is 7.26. The standard InChI is InChI=1S/C28H29N5O3/c34-26-10-14-33(28(26)35)23-8-12-32(13-9-23)18-19-1-2-21-16-24(5-3-20(21)15-19)36-27-6-4-22(17-29-27)25-7-11-30-31-25/h1-7,11,15-17,23,26,34H,8-10,12-14,18H2,(H,30,31)/t26-/m0/s1. The average Bonchev–Trinajstić information content (AvgIpc) is 3.56. The summed E-state index contributed by atoms with van der Waals surface area (Å²) in [6.07, 6.45) is 5.18. The van der Waals surface area contributed by atoms with Crippen LogP contribution in [0.4, 0.5) is 0 Å². The van der Waals surface area contributed by atoms with E-state index in [9.17, 15) is 9.90 Å². The van der Waals surface area contributed by atoms with Crippen molar-refractivity contribution in [3.05, 3.63) is 72.6 Å². The number of benzene rings is 2. The van der Waals surface area contributed by atoms with Gasteiger partial charge in [-0.3, -0.25) is 14.8 Å². The predicted molar refractivity (Wildman–Crippen MR) is 136 cm³/mol. The monoisotopic (exact) mass is 483 g/mol. The first-order valence-corrected chi connectivity index (χ1v) is 12.5. The number of likely N-dealkylation sites (tertiary alicyclic amines) is 2. The maximum absolute atomic E-state index is 12.1. The van der Waals surface area contributed by atoms with Gasteiger partial charge in [0.15, 0.2) is 0 Å². The van der Waals surface area contributed by atoms with Gasteiger partial charge in [0.2, 0.25) is 5.88 Å². The molecule has 0 radical (unpaired) electrons. The number of amides is 1. The zero-order valence-corrected chi connectivity index (χ0v) is 20.0. The highest BCUT2D eigenvalue weighted by Gasteiger charge is 2.35. The molecule has 1 atom stereocenters. The minimum atomic E-state index is -0.795. The van der Waals surface area contributed by atoms with Gasteiger partial charge in [-0.15, -0.1) is 0 Å². The van der Waals surface area contributed by atoms with Crippen molar-refractivity contribution >= 4 is 16.7 Å². The number of aromatic nitrogens is 3. The number of H-pyrrole nitrogens is 1. The molecule has 2 aromatic carbocycles. The second-order valence-corrected chi connectivity index (χ2v) is 9.64. The number of hydrogen-bond donors (Lipinski definition) is 2. The van der Waals surface area contributed by atoms with Gasteiger partial charge in [0.05, 0.1) is 5.69 Å². The lowest BCUT2D eigenvalue weighted by atomic mass is 10.0. The smallest absolute Gasteiger partial charge is 0.251 e. The van der Waals surface area contributed by atoms with Gasteiger partial charge in [0.1, 0.15) is 11.9 Å². The molecule has 4 aromatic rings. The first-order valence-electron chi connectivity index (χ1n) is 12.5. The third kappa shape index (κ3) is 4.69. The van der Waals surface area contributed by atoms with Crippen molar-refractivity contribution in [1.29, 1.82) is 0 Å². The molecule has 2 aliphatic heterocycles. The number of aliphatic hydroxyl groups excluding tert-OH is 1. The van der Waals surface area contributed by atoms with Crippen LogP contribution in [-0.4, -0.2) is 67.8 Å². The Balaban J connectivity index is 1.07. The van der Waals surface area contributed by atoms with Crippen LogP contribution in [0, 0.1) is 0 Å². The quantitative estimate of drug-likeness (QED) is 0.431. The fourth-order valence-electron chi connectivity index (χ4n) is 5.27. The molecule has 0 bridgehead atoms. The van der Waals surface area contributed by atoms with Crippen LogP contribution in [0.5, 0.6) is 11.6 Å². The first-order chi connectivity index (χ1) is 17.6. The lowest BCUT2D eigenvalue weighted by Crippen LogP contribution is -2.46. The molecule has 1 amide bonds. The Morgan fingerprint density at radius 1 is 0.972 bits per heavy atom. The molecule has 2 aromatic heterocycles. The van der Waals surface area contributed by atoms with Crippen molar-refractivity contribution in [1.82, 2.24) is 25.0 Å². The predicted octanol–water partition coefficient (Wildman–Crippen LogP) is 3.97. The molecule has 0 spiro atoms. The lowest BCUT2D eigenvalue weighted by molar-refractivity contribution is -0.137. The molecule has 0 saturated carbocycles. The number of fused-ring (bicyclic) bond motifs is 1. The van der Waals surface area contributed by atoms with Gasteiger partial charge in [0, 0.05) is 56.2 Å². The summed E-state index contributed by atoms with van der Waals surface area (Å²) in [5.74, 6) is 1.21. The Labute approximate surface area is 209 Å². The van der Waals surface area contributed by atoms with Gasteiger partial charge < -0.3 is 14.7 Å². The number of carbonyl (C=O) groups is 1. The van der Waals surface area contributed by atoms with Crippen molar-refractivity contribution in [3.8, 4) is 22.9 Å². The van der Waals surface area contributed by atoms with Crippen LogP contribution < -0.4 is 4.74 Å². The maximum atomic E-state index is 12.1. The summed E-state index contributed by atoms with van der Waals surface area (Å²) in [7, 11) is 0. The fraction of sp³-hybridized carbons (Fsp3) is 0.321. The summed E-state index contributed by atoms with van der Waals surface area (Å²) in [6.45, 7) is 3.50. The Morgan fingerprint density at radius 2 is 1.81 bits per heavy atom. The molecule has 184 valence electrons. The summed E-state index contributed by atoms with van der Waals surface area (Å²) < 4.78 is 5.99. The summed E-state index contributed by atoms with van der Waals surface area (Å²) in [4.78, 5) is 20.9. The van der Waals surface area contributed by atoms with Crippen LogP contribution in [0.1, 0.15) is 24.8 Å². The van der Waals surface area contributed by atoms with E-state index in [0.717, 1.165) is 54.9 Å². The number of nitrogens with zero attached hydrogens (tertiary/aromatic N) is 4. The van der Waals surface area contributed by atoms with Crippen LogP contribution in [0.25, 0.3) is 22.0 Å². The van der Waals surface area contributed by atoms with E-state index < -0.39 is 6.10 Å². The second kappa shape index (κ2) is 9.72. The summed E-state index contributed by atoms with van der Waals surface area (Å²) >= 11 is 0. The van der Waals surface area contributed by atoms with Crippen molar-refractivity contribution in [2.45, 2.75) is 38.0 Å². The Bertz CT molecular complexity index is 1350. The molecule has 2 saturated heterocycles. The van der Waals surface area contributed by atoms with E-state index in [1.165, 1.54) is 10.9 Å². The molecule has 2 aliphatic rings. The molecule has 2 fully saturated rings. The van der Waals surface area contributed by atoms with Crippen LogP contribution in [-0.2, 0) is 11.3 Å². The van der Waals surface area contributed by atoms with Gasteiger partial charge in [-0.2, -0.15) is 5.10 Å². The summed E-state index contributed by atoms with van der Waals surface area (Å²) in [6, 6.07) is 18.6. The van der Waals surface area contributed by atoms with Crippen LogP contribution >= 0.6 is 0 Å². The van der Waals surface area contributed by atoms with Crippen LogP contribution in [0.15, 0.2) is 67.0 Å². The van der Waals surface area contributed by atoms with Gasteiger partial charge >= 0.3 is 0 Å². The molecular formula is C28H29N5O3. The van der Waals surface area contributed by atoms with E-state index >= 15 is 0 Å². The highest BCUT2D eigenvalue weighted by atomic mass is 16.5. The molecule has 8 heteroatoms. The van der Waals surface area contributed by atoms with Gasteiger partial charge in [-0.1, -0.05) is 18.2 Å². The van der Waals surface area contributed by atoms with E-state index in [2.05, 4.69) is 44.3 Å². The second-order valence-electron chi connectivity index (χ2n) is 9.64. The average molecular weight is 484 g/mol. The molecule has 36 heavy (non-hydrogen) atoms. The molecule has 0 aliphatic carbocycles. The van der Waals surface area contributed by atoms with Gasteiger partial charge in [-0.05, 0) is 65.9 Å². The van der Waals surface area contributed by atoms with Crippen LogP contribution in [0.3, 0.4) is 0 Å². The van der Waals surface area contributed by atoms with Crippen molar-refractivity contribution in [2.75, 3.05) is 19.6 Å². The van der Waals surface area contributed by atoms with Crippen molar-refractivity contribution in [2.24, 2.45) is 0 Å². The zero-order chi connectivity index (χ0) is 24.5. The summed E-state index contributed by atoms with van der Waals surface area (Å²) in [5.41, 5.74) is 3.15. The largest absolute Gasteiger partial charge is 0.439 e. The number of nitrogens with one attached hydrogen (secondary N) is 1. The fourth-order valence-corrected chi connectivity index (χ4v) is 5.27. The number of carbonyl (C=O) groups excluding carboxylic acids is 1. The number of ether oxygens (including phenoxy) is 1. The molecule has 0 unspecified atom stereocenters. The minimum absolute atomic E-state index is 0.0896. The number of hydrogen-bond acceptors (Lipinski definition) is 6. The first kappa shape index (κ1) is 22.7. The van der Waals surface area contributed by atoms with Crippen molar-refractivity contribution < 1.29 is 14.6 Å². The Morgan fingerprint density at radius 3 is 2.53 bits per heavy atom. The molecule has 6 rings (SSSR count). The lowest BCUT2D eigenvalue weighted by Gasteiger charge is -2.36. The van der Waals surface area contributed by atoms with E-state index in [4.69, 9.17) is 4.74 Å². The molecule has 2 N–H and O–H groups in total. The Hall–Kier alpha value is -3.75. The van der Waals surface area contributed by atoms with E-state index in [0.29, 0.717) is 18.8 Å². The topological polar surface area (TPSA) is 94.6 Å². The molecule has 4 heterocycles. The molecule has 8 nitrogen and oxygen atoms in total.